The Kier molecular flexibility index (Phi) is 4.27. The lowest BCUT2D eigenvalue weighted by Crippen LogP contribution is -2.53. The first-order chi connectivity index (χ1) is 9.69. The number of carbonyl (C=O) groups excluding carboxylic acids is 1. The Balaban J connectivity index is 2.19. The predicted octanol–water partition coefficient (Wildman–Crippen LogP) is 1.97. The highest BCUT2D eigenvalue weighted by Crippen LogP contribution is 2.28. The Morgan fingerprint density at radius 2 is 1.86 bits per heavy atom. The fourth-order valence-corrected chi connectivity index (χ4v) is 4.09. The summed E-state index contributed by atoms with van der Waals surface area (Å²) in [6.45, 7) is 6.16. The molecule has 2 amide bonds. The largest absolute Gasteiger partial charge is 0.333 e. The van der Waals surface area contributed by atoms with Crippen molar-refractivity contribution in [3.63, 3.8) is 0 Å². The Labute approximate surface area is 126 Å². The highest BCUT2D eigenvalue weighted by Gasteiger charge is 2.36. The van der Waals surface area contributed by atoms with Gasteiger partial charge in [0.1, 0.15) is 5.25 Å². The predicted molar refractivity (Wildman–Crippen MR) is 82.8 cm³/mol. The maximum absolute atomic E-state index is 12.3. The standard InChI is InChI=1S/C15H22N2O3S/c1-15(2,3)16-14(18)17-9-10-21(19,20)13(11-17)12-7-5-4-6-8-12/h4-8,13H,9-11H2,1-3H3,(H,16,18). The van der Waals surface area contributed by atoms with E-state index in [0.29, 0.717) is 0 Å². The summed E-state index contributed by atoms with van der Waals surface area (Å²) in [6.07, 6.45) is 0. The monoisotopic (exact) mass is 310 g/mol. The van der Waals surface area contributed by atoms with Crippen molar-refractivity contribution in [3.05, 3.63) is 35.9 Å². The lowest BCUT2D eigenvalue weighted by atomic mass is 10.1. The molecular formula is C15H22N2O3S. The molecule has 1 aliphatic rings. The zero-order chi connectivity index (χ0) is 15.7. The van der Waals surface area contributed by atoms with Crippen LogP contribution in [0.4, 0.5) is 4.79 Å². The minimum Gasteiger partial charge on any atom is -0.333 e. The summed E-state index contributed by atoms with van der Waals surface area (Å²) >= 11 is 0. The molecule has 1 N–H and O–H groups in total. The molecule has 1 heterocycles. The fourth-order valence-electron chi connectivity index (χ4n) is 2.35. The summed E-state index contributed by atoms with van der Waals surface area (Å²) in [6, 6.07) is 8.88. The van der Waals surface area contributed by atoms with E-state index < -0.39 is 15.1 Å². The van der Waals surface area contributed by atoms with Gasteiger partial charge in [-0.05, 0) is 26.3 Å². The number of urea groups is 1. The average Bonchev–Trinajstić information content (AvgIpc) is 2.37. The molecule has 0 aliphatic carbocycles. The Hall–Kier alpha value is -1.56. The van der Waals surface area contributed by atoms with E-state index in [1.165, 1.54) is 0 Å². The number of nitrogens with zero attached hydrogens (tertiary/aromatic N) is 1. The van der Waals surface area contributed by atoms with E-state index in [0.717, 1.165) is 5.56 Å². The average molecular weight is 310 g/mol. The van der Waals surface area contributed by atoms with E-state index in [2.05, 4.69) is 5.32 Å². The normalized spacial score (nSPS) is 21.9. The lowest BCUT2D eigenvalue weighted by Gasteiger charge is -2.35. The van der Waals surface area contributed by atoms with Crippen LogP contribution in [0.5, 0.6) is 0 Å². The summed E-state index contributed by atoms with van der Waals surface area (Å²) in [5, 5.41) is 2.24. The van der Waals surface area contributed by atoms with Gasteiger partial charge in [-0.1, -0.05) is 30.3 Å². The van der Waals surface area contributed by atoms with Crippen LogP contribution in [0.3, 0.4) is 0 Å². The van der Waals surface area contributed by atoms with Crippen molar-refractivity contribution in [1.29, 1.82) is 0 Å². The summed E-state index contributed by atoms with van der Waals surface area (Å²) in [5.41, 5.74) is 0.404. The van der Waals surface area contributed by atoms with Gasteiger partial charge in [-0.15, -0.1) is 0 Å². The van der Waals surface area contributed by atoms with Crippen molar-refractivity contribution in [2.75, 3.05) is 18.8 Å². The molecule has 116 valence electrons. The number of sulfone groups is 1. The molecule has 21 heavy (non-hydrogen) atoms. The molecule has 6 heteroatoms. The van der Waals surface area contributed by atoms with E-state index in [1.54, 1.807) is 17.0 Å². The van der Waals surface area contributed by atoms with Crippen molar-refractivity contribution >= 4 is 15.9 Å². The van der Waals surface area contributed by atoms with Crippen molar-refractivity contribution < 1.29 is 13.2 Å². The highest BCUT2D eigenvalue weighted by molar-refractivity contribution is 7.91. The first-order valence-electron chi connectivity index (χ1n) is 7.03. The highest BCUT2D eigenvalue weighted by atomic mass is 32.2. The number of benzene rings is 1. The van der Waals surface area contributed by atoms with E-state index in [1.807, 2.05) is 39.0 Å². The van der Waals surface area contributed by atoms with Gasteiger partial charge >= 0.3 is 6.03 Å². The molecule has 1 atom stereocenters. The molecule has 0 radical (unpaired) electrons. The maximum atomic E-state index is 12.3. The lowest BCUT2D eigenvalue weighted by molar-refractivity contribution is 0.189. The summed E-state index contributed by atoms with van der Waals surface area (Å²) in [7, 11) is -3.21. The molecule has 0 bridgehead atoms. The first-order valence-corrected chi connectivity index (χ1v) is 8.74. The summed E-state index contributed by atoms with van der Waals surface area (Å²) in [4.78, 5) is 13.8. The molecule has 1 unspecified atom stereocenters. The Morgan fingerprint density at radius 1 is 1.24 bits per heavy atom. The van der Waals surface area contributed by atoms with Gasteiger partial charge in [-0.2, -0.15) is 0 Å². The third-order valence-corrected chi connectivity index (χ3v) is 5.45. The van der Waals surface area contributed by atoms with Crippen LogP contribution in [0.25, 0.3) is 0 Å². The second-order valence-corrected chi connectivity index (χ2v) is 8.70. The molecule has 0 aromatic heterocycles. The van der Waals surface area contributed by atoms with E-state index >= 15 is 0 Å². The van der Waals surface area contributed by atoms with Gasteiger partial charge in [0, 0.05) is 18.6 Å². The summed E-state index contributed by atoms with van der Waals surface area (Å²) in [5.74, 6) is 0.00409. The second-order valence-electron chi connectivity index (χ2n) is 6.39. The van der Waals surface area contributed by atoms with Crippen LogP contribution in [-0.4, -0.2) is 43.7 Å². The SMILES string of the molecule is CC(C)(C)NC(=O)N1CCS(=O)(=O)C(c2ccccc2)C1. The molecule has 1 fully saturated rings. The third kappa shape index (κ3) is 3.97. The van der Waals surface area contributed by atoms with Gasteiger partial charge in [0.15, 0.2) is 9.84 Å². The number of nitrogens with one attached hydrogen (secondary N) is 1. The zero-order valence-electron chi connectivity index (χ0n) is 12.7. The fraction of sp³-hybridized carbons (Fsp3) is 0.533. The Morgan fingerprint density at radius 3 is 2.43 bits per heavy atom. The number of hydrogen-bond acceptors (Lipinski definition) is 3. The number of hydrogen-bond donors (Lipinski definition) is 1. The molecule has 0 spiro atoms. The Bertz CT molecular complexity index is 606. The van der Waals surface area contributed by atoms with Crippen molar-refractivity contribution in [2.24, 2.45) is 0 Å². The molecule has 0 saturated carbocycles. The van der Waals surface area contributed by atoms with Crippen LogP contribution >= 0.6 is 0 Å². The van der Waals surface area contributed by atoms with Crippen molar-refractivity contribution in [1.82, 2.24) is 10.2 Å². The quantitative estimate of drug-likeness (QED) is 0.862. The van der Waals surface area contributed by atoms with Crippen LogP contribution in [-0.2, 0) is 9.84 Å². The number of amides is 2. The van der Waals surface area contributed by atoms with Gasteiger partial charge in [0.2, 0.25) is 0 Å². The van der Waals surface area contributed by atoms with Crippen LogP contribution in [0, 0.1) is 0 Å². The van der Waals surface area contributed by atoms with Gasteiger partial charge in [0.05, 0.1) is 5.75 Å². The summed E-state index contributed by atoms with van der Waals surface area (Å²) < 4.78 is 24.6. The van der Waals surface area contributed by atoms with Crippen LogP contribution in [0.2, 0.25) is 0 Å². The van der Waals surface area contributed by atoms with Crippen LogP contribution in [0.15, 0.2) is 30.3 Å². The molecule has 2 rings (SSSR count). The zero-order valence-corrected chi connectivity index (χ0v) is 13.5. The van der Waals surface area contributed by atoms with Gasteiger partial charge in [-0.3, -0.25) is 0 Å². The number of rotatable bonds is 1. The number of carbonyl (C=O) groups is 1. The minimum absolute atomic E-state index is 0.00409. The molecule has 5 nitrogen and oxygen atoms in total. The maximum Gasteiger partial charge on any atom is 0.317 e. The van der Waals surface area contributed by atoms with Gasteiger partial charge in [-0.25, -0.2) is 13.2 Å². The smallest absolute Gasteiger partial charge is 0.317 e. The minimum atomic E-state index is -3.21. The topological polar surface area (TPSA) is 66.5 Å². The molecule has 1 aromatic rings. The first kappa shape index (κ1) is 15.8. The van der Waals surface area contributed by atoms with Crippen LogP contribution in [0.1, 0.15) is 31.6 Å². The molecule has 1 saturated heterocycles. The third-order valence-electron chi connectivity index (χ3n) is 3.41. The molecule has 1 aromatic carbocycles. The van der Waals surface area contributed by atoms with Crippen molar-refractivity contribution in [2.45, 2.75) is 31.6 Å². The van der Waals surface area contributed by atoms with Crippen molar-refractivity contribution in [3.8, 4) is 0 Å². The molecular weight excluding hydrogens is 288 g/mol. The van der Waals surface area contributed by atoms with Gasteiger partial charge < -0.3 is 10.2 Å². The second kappa shape index (κ2) is 5.67. The van der Waals surface area contributed by atoms with E-state index in [9.17, 15) is 13.2 Å². The van der Waals surface area contributed by atoms with Crippen LogP contribution < -0.4 is 5.32 Å². The van der Waals surface area contributed by atoms with Gasteiger partial charge in [0.25, 0.3) is 0 Å². The van der Waals surface area contributed by atoms with E-state index in [4.69, 9.17) is 0 Å². The van der Waals surface area contributed by atoms with E-state index in [-0.39, 0.29) is 30.4 Å². The molecule has 1 aliphatic heterocycles.